The topological polar surface area (TPSA) is 139 Å². The van der Waals surface area contributed by atoms with Gasteiger partial charge in [0.25, 0.3) is 0 Å². The van der Waals surface area contributed by atoms with Crippen molar-refractivity contribution in [3.63, 3.8) is 0 Å². The predicted octanol–water partition coefficient (Wildman–Crippen LogP) is 9.75. The van der Waals surface area contributed by atoms with Crippen LogP contribution in [-0.2, 0) is 44.1 Å². The number of phenols is 4. The van der Waals surface area contributed by atoms with Gasteiger partial charge in [-0.3, -0.25) is 20.4 Å². The molecule has 0 bridgehead atoms. The van der Waals surface area contributed by atoms with Gasteiger partial charge < -0.3 is 20.4 Å². The summed E-state index contributed by atoms with van der Waals surface area (Å²) in [5, 5.41) is 45.0. The van der Waals surface area contributed by atoms with Gasteiger partial charge in [-0.2, -0.15) is 0 Å². The highest BCUT2D eigenvalue weighted by molar-refractivity contribution is 5.83. The summed E-state index contributed by atoms with van der Waals surface area (Å²) in [5.74, 6) is -0.167. The molecule has 0 heterocycles. The minimum atomic E-state index is -0.413. The van der Waals surface area contributed by atoms with Gasteiger partial charge in [0, 0.05) is 46.2 Å². The maximum absolute atomic E-state index is 12.8. The van der Waals surface area contributed by atoms with Crippen LogP contribution in [0, 0.1) is 0 Å². The Morgan fingerprint density at radius 3 is 1.00 bits per heavy atom. The average Bonchev–Trinajstić information content (AvgIpc) is 3.04. The molecule has 0 spiro atoms. The lowest BCUT2D eigenvalue weighted by molar-refractivity contribution is -0.128. The molecule has 290 valence electrons. The first-order valence-electron chi connectivity index (χ1n) is 18.8. The highest BCUT2D eigenvalue weighted by Crippen LogP contribution is 2.45. The quantitative estimate of drug-likeness (QED) is 0.0996. The lowest BCUT2D eigenvalue weighted by Gasteiger charge is -2.28. The van der Waals surface area contributed by atoms with Crippen LogP contribution >= 0.6 is 0 Å². The first-order valence-corrected chi connectivity index (χ1v) is 18.8. The number of nitrogens with one attached hydrogen (secondary N) is 2. The number of amides is 2. The van der Waals surface area contributed by atoms with Gasteiger partial charge in [-0.05, 0) is 81.0 Å². The fraction of sp³-hybridized carbons (Fsp3) is 0.435. The largest absolute Gasteiger partial charge is 0.507 e. The molecule has 4 aromatic carbocycles. The summed E-state index contributed by atoms with van der Waals surface area (Å²) in [6, 6.07) is 18.5. The SMILES string of the molecule is CC(C)(C)c1cc(-c2cccc(CCC(=O)NNC(=O)CCc3cccc(-c4cc(C(C)(C)C)c(O)c(C(C)(C)C)c4)c3O)c2O)cc(C(C)(C)C)c1O. The van der Waals surface area contributed by atoms with E-state index < -0.39 is 11.8 Å². The molecule has 2 amide bonds. The minimum Gasteiger partial charge on any atom is -0.507 e. The fourth-order valence-electron chi connectivity index (χ4n) is 6.68. The second-order valence-electron chi connectivity index (χ2n) is 18.6. The summed E-state index contributed by atoms with van der Waals surface area (Å²) in [4.78, 5) is 25.6. The number of aryl methyl sites for hydroxylation is 2. The van der Waals surface area contributed by atoms with E-state index in [1.165, 1.54) is 0 Å². The van der Waals surface area contributed by atoms with Crippen molar-refractivity contribution < 1.29 is 30.0 Å². The van der Waals surface area contributed by atoms with Crippen LogP contribution in [0.4, 0.5) is 0 Å². The van der Waals surface area contributed by atoms with E-state index in [1.54, 1.807) is 12.1 Å². The summed E-state index contributed by atoms with van der Waals surface area (Å²) in [5.41, 5.74) is 10.7. The standard InChI is InChI=1S/C46H60N2O6/c1-43(2,3)33-23-29(24-34(41(33)53)44(4,5)6)31-17-13-15-27(39(31)51)19-21-37(49)47-48-38(50)22-20-28-16-14-18-32(40(28)52)30-25-35(45(7,8)9)42(54)36(26-30)46(10,11)12/h13-18,23-26,51-54H,19-22H2,1-12H3,(H,47,49)(H,48,50). The maximum atomic E-state index is 12.8. The summed E-state index contributed by atoms with van der Waals surface area (Å²) in [6.45, 7) is 24.5. The molecule has 4 aromatic rings. The summed E-state index contributed by atoms with van der Waals surface area (Å²) in [6.07, 6.45) is 0.527. The zero-order valence-corrected chi connectivity index (χ0v) is 34.2. The Hall–Kier alpha value is -4.98. The highest BCUT2D eigenvalue weighted by atomic mass is 16.3. The molecule has 0 atom stereocenters. The Bertz CT molecular complexity index is 1820. The van der Waals surface area contributed by atoms with Crippen molar-refractivity contribution in [1.29, 1.82) is 0 Å². The molecular weight excluding hydrogens is 677 g/mol. The second-order valence-corrected chi connectivity index (χ2v) is 18.6. The lowest BCUT2D eigenvalue weighted by atomic mass is 9.77. The molecule has 0 aliphatic carbocycles. The molecule has 0 aliphatic heterocycles. The third-order valence-electron chi connectivity index (χ3n) is 9.90. The van der Waals surface area contributed by atoms with Crippen LogP contribution in [0.3, 0.4) is 0 Å². The highest BCUT2D eigenvalue weighted by Gasteiger charge is 2.29. The Kier molecular flexibility index (Phi) is 11.9. The van der Waals surface area contributed by atoms with Gasteiger partial charge in [-0.25, -0.2) is 0 Å². The van der Waals surface area contributed by atoms with E-state index in [1.807, 2.05) is 132 Å². The zero-order valence-electron chi connectivity index (χ0n) is 34.2. The van der Waals surface area contributed by atoms with Gasteiger partial charge in [-0.15, -0.1) is 0 Å². The number of rotatable bonds is 8. The van der Waals surface area contributed by atoms with Crippen molar-refractivity contribution in [3.8, 4) is 45.3 Å². The molecule has 0 unspecified atom stereocenters. The molecule has 0 fully saturated rings. The van der Waals surface area contributed by atoms with Crippen LogP contribution in [0.25, 0.3) is 22.3 Å². The van der Waals surface area contributed by atoms with E-state index in [0.717, 1.165) is 33.4 Å². The molecule has 4 rings (SSSR count). The van der Waals surface area contributed by atoms with Gasteiger partial charge in [0.2, 0.25) is 11.8 Å². The molecule has 0 aromatic heterocycles. The average molecular weight is 737 g/mol. The number of hydrogen-bond acceptors (Lipinski definition) is 6. The molecule has 0 saturated carbocycles. The number of carbonyl (C=O) groups is 2. The van der Waals surface area contributed by atoms with Crippen molar-refractivity contribution in [3.05, 3.63) is 94.0 Å². The lowest BCUT2D eigenvalue weighted by Crippen LogP contribution is -2.41. The molecule has 8 nitrogen and oxygen atoms in total. The number of carbonyl (C=O) groups excluding carboxylic acids is 2. The van der Waals surface area contributed by atoms with Crippen molar-refractivity contribution in [2.45, 2.75) is 130 Å². The maximum Gasteiger partial charge on any atom is 0.238 e. The van der Waals surface area contributed by atoms with Crippen LogP contribution in [-0.4, -0.2) is 32.2 Å². The van der Waals surface area contributed by atoms with E-state index in [2.05, 4.69) is 10.9 Å². The second kappa shape index (κ2) is 15.4. The number of hydrazine groups is 1. The zero-order chi connectivity index (χ0) is 40.6. The normalized spacial score (nSPS) is 12.4. The Morgan fingerprint density at radius 1 is 0.463 bits per heavy atom. The number of phenolic OH excluding ortho intramolecular Hbond substituents is 4. The van der Waals surface area contributed by atoms with Crippen LogP contribution in [0.1, 0.15) is 129 Å². The van der Waals surface area contributed by atoms with E-state index >= 15 is 0 Å². The van der Waals surface area contributed by atoms with E-state index in [9.17, 15) is 30.0 Å². The molecule has 0 saturated heterocycles. The molecule has 0 aliphatic rings. The summed E-state index contributed by atoms with van der Waals surface area (Å²) in [7, 11) is 0. The minimum absolute atomic E-state index is 0.0237. The fourth-order valence-corrected chi connectivity index (χ4v) is 6.68. The van der Waals surface area contributed by atoms with Crippen LogP contribution < -0.4 is 10.9 Å². The van der Waals surface area contributed by atoms with Crippen molar-refractivity contribution in [2.24, 2.45) is 0 Å². The van der Waals surface area contributed by atoms with Crippen molar-refractivity contribution in [2.75, 3.05) is 0 Å². The number of hydrogen-bond donors (Lipinski definition) is 6. The predicted molar refractivity (Wildman–Crippen MR) is 218 cm³/mol. The number of para-hydroxylation sites is 2. The van der Waals surface area contributed by atoms with Gasteiger partial charge in [0.15, 0.2) is 0 Å². The first kappa shape index (κ1) is 41.8. The van der Waals surface area contributed by atoms with Crippen LogP contribution in [0.15, 0.2) is 60.7 Å². The van der Waals surface area contributed by atoms with E-state index in [-0.39, 0.29) is 70.3 Å². The smallest absolute Gasteiger partial charge is 0.238 e. The molecule has 8 heteroatoms. The molecule has 6 N–H and O–H groups in total. The number of aromatic hydroxyl groups is 4. The van der Waals surface area contributed by atoms with Crippen molar-refractivity contribution in [1.82, 2.24) is 10.9 Å². The Labute approximate surface area is 321 Å². The van der Waals surface area contributed by atoms with E-state index in [4.69, 9.17) is 0 Å². The third kappa shape index (κ3) is 9.57. The van der Waals surface area contributed by atoms with Gasteiger partial charge in [-0.1, -0.05) is 119 Å². The van der Waals surface area contributed by atoms with Crippen LogP contribution in [0.2, 0.25) is 0 Å². The summed E-state index contributed by atoms with van der Waals surface area (Å²) < 4.78 is 0. The monoisotopic (exact) mass is 736 g/mol. The Balaban J connectivity index is 1.42. The molecule has 54 heavy (non-hydrogen) atoms. The van der Waals surface area contributed by atoms with Gasteiger partial charge in [0.1, 0.15) is 23.0 Å². The van der Waals surface area contributed by atoms with E-state index in [0.29, 0.717) is 22.3 Å². The number of benzene rings is 4. The molecular formula is C46H60N2O6. The Morgan fingerprint density at radius 2 is 0.741 bits per heavy atom. The summed E-state index contributed by atoms with van der Waals surface area (Å²) >= 11 is 0. The third-order valence-corrected chi connectivity index (χ3v) is 9.90. The van der Waals surface area contributed by atoms with Crippen LogP contribution in [0.5, 0.6) is 23.0 Å². The van der Waals surface area contributed by atoms with Crippen molar-refractivity contribution >= 4 is 11.8 Å². The van der Waals surface area contributed by atoms with Gasteiger partial charge in [0.05, 0.1) is 0 Å². The first-order chi connectivity index (χ1) is 24.8. The molecule has 0 radical (unpaired) electrons. The van der Waals surface area contributed by atoms with Gasteiger partial charge >= 0.3 is 0 Å².